The van der Waals surface area contributed by atoms with E-state index in [1.54, 1.807) is 23.3 Å². The number of nitriles is 1. The molecular formula is C34H43N3O3. The van der Waals surface area contributed by atoms with Gasteiger partial charge >= 0.3 is 0 Å². The Bertz CT molecular complexity index is 1420. The number of imidazole rings is 1. The van der Waals surface area contributed by atoms with Gasteiger partial charge in [-0.3, -0.25) is 19.0 Å². The van der Waals surface area contributed by atoms with E-state index in [1.807, 2.05) is 26.0 Å². The van der Waals surface area contributed by atoms with Gasteiger partial charge in [0.05, 0.1) is 11.0 Å². The van der Waals surface area contributed by atoms with E-state index in [0.29, 0.717) is 0 Å². The highest BCUT2D eigenvalue weighted by atomic mass is 16.2. The first-order valence-corrected chi connectivity index (χ1v) is 15.0. The number of hydrogen-bond acceptors (Lipinski definition) is 5. The Kier molecular flexibility index (Phi) is 5.57. The summed E-state index contributed by atoms with van der Waals surface area (Å²) in [5.41, 5.74) is -1.05. The molecule has 0 spiro atoms. The molecule has 6 nitrogen and oxygen atoms in total. The van der Waals surface area contributed by atoms with Crippen LogP contribution in [0.4, 0.5) is 0 Å². The van der Waals surface area contributed by atoms with Gasteiger partial charge in [-0.1, -0.05) is 60.1 Å². The highest BCUT2D eigenvalue weighted by molar-refractivity contribution is 6.04. The zero-order valence-corrected chi connectivity index (χ0v) is 25.1. The van der Waals surface area contributed by atoms with Gasteiger partial charge in [-0.25, -0.2) is 4.98 Å². The van der Waals surface area contributed by atoms with Crippen LogP contribution in [-0.2, 0) is 9.59 Å². The zero-order valence-electron chi connectivity index (χ0n) is 25.1. The molecular weight excluding hydrogens is 498 g/mol. The molecule has 0 aromatic carbocycles. The van der Waals surface area contributed by atoms with Gasteiger partial charge < -0.3 is 0 Å². The Morgan fingerprint density at radius 2 is 1.73 bits per heavy atom. The number of carbonyl (C=O) groups excluding carboxylic acids is 3. The molecule has 0 N–H and O–H groups in total. The summed E-state index contributed by atoms with van der Waals surface area (Å²) in [4.78, 5) is 46.2. The van der Waals surface area contributed by atoms with E-state index in [0.717, 1.165) is 50.5 Å². The van der Waals surface area contributed by atoms with Crippen molar-refractivity contribution >= 4 is 17.5 Å². The minimum Gasteiger partial charge on any atom is -0.295 e. The van der Waals surface area contributed by atoms with Gasteiger partial charge in [0.1, 0.15) is 12.4 Å². The van der Waals surface area contributed by atoms with Crippen LogP contribution < -0.4 is 0 Å². The molecule has 1 aromatic rings. The second-order valence-corrected chi connectivity index (χ2v) is 15.7. The summed E-state index contributed by atoms with van der Waals surface area (Å²) in [6.07, 6.45) is 14.7. The zero-order chi connectivity index (χ0) is 29.1. The smallest absolute Gasteiger partial charge is 0.238 e. The van der Waals surface area contributed by atoms with Crippen LogP contribution in [0.5, 0.6) is 0 Å². The summed E-state index contributed by atoms with van der Waals surface area (Å²) in [7, 11) is 0. The summed E-state index contributed by atoms with van der Waals surface area (Å²) in [5, 5.41) is 9.92. The van der Waals surface area contributed by atoms with Crippen molar-refractivity contribution in [3.05, 3.63) is 42.0 Å². The second kappa shape index (κ2) is 8.14. The average Bonchev–Trinajstić information content (AvgIpc) is 3.42. The van der Waals surface area contributed by atoms with Crippen molar-refractivity contribution in [3.63, 3.8) is 0 Å². The first-order chi connectivity index (χ1) is 18.6. The topological polar surface area (TPSA) is 92.8 Å². The Morgan fingerprint density at radius 3 is 2.38 bits per heavy atom. The average molecular weight is 542 g/mol. The maximum Gasteiger partial charge on any atom is 0.238 e. The quantitative estimate of drug-likeness (QED) is 0.392. The van der Waals surface area contributed by atoms with Crippen molar-refractivity contribution in [1.29, 1.82) is 5.26 Å². The predicted octanol–water partition coefficient (Wildman–Crippen LogP) is 6.74. The highest BCUT2D eigenvalue weighted by Gasteiger charge is 2.70. The summed E-state index contributed by atoms with van der Waals surface area (Å²) < 4.78 is 1.64. The van der Waals surface area contributed by atoms with Crippen LogP contribution in [0.1, 0.15) is 98.2 Å². The number of Topliss-reactive ketones (excluding diaryl/α,β-unsaturated/α-hetero) is 1. The third kappa shape index (κ3) is 3.21. The molecule has 3 fully saturated rings. The lowest BCUT2D eigenvalue weighted by Gasteiger charge is -2.69. The van der Waals surface area contributed by atoms with Crippen molar-refractivity contribution < 1.29 is 14.4 Å². The van der Waals surface area contributed by atoms with Crippen LogP contribution in [0.3, 0.4) is 0 Å². The van der Waals surface area contributed by atoms with Gasteiger partial charge in [-0.2, -0.15) is 5.26 Å². The van der Waals surface area contributed by atoms with E-state index >= 15 is 0 Å². The summed E-state index contributed by atoms with van der Waals surface area (Å²) in [6.45, 7) is 15.3. The Balaban J connectivity index is 1.53. The number of nitrogens with zero attached hydrogens (tertiary/aromatic N) is 3. The lowest BCUT2D eigenvalue weighted by atomic mass is 9.34. The molecule has 0 radical (unpaired) electrons. The van der Waals surface area contributed by atoms with Crippen LogP contribution in [0, 0.1) is 61.6 Å². The molecule has 7 atom stereocenters. The molecule has 5 aliphatic rings. The third-order valence-corrected chi connectivity index (χ3v) is 13.0. The van der Waals surface area contributed by atoms with Crippen molar-refractivity contribution in [2.45, 2.75) is 93.4 Å². The fourth-order valence-electron chi connectivity index (χ4n) is 10.6. The van der Waals surface area contributed by atoms with Crippen LogP contribution in [0.25, 0.3) is 0 Å². The molecule has 40 heavy (non-hydrogen) atoms. The molecule has 1 aromatic heterocycles. The minimum atomic E-state index is -0.677. The molecule has 6 rings (SSSR count). The van der Waals surface area contributed by atoms with E-state index in [9.17, 15) is 19.6 Å². The van der Waals surface area contributed by atoms with Gasteiger partial charge in [0, 0.05) is 29.1 Å². The first-order valence-electron chi connectivity index (χ1n) is 15.0. The number of hydrogen-bond donors (Lipinski definition) is 0. The molecule has 6 heteroatoms. The first kappa shape index (κ1) is 27.4. The number of carbonyl (C=O) groups is 3. The fourth-order valence-corrected chi connectivity index (χ4v) is 10.6. The van der Waals surface area contributed by atoms with Crippen molar-refractivity contribution in [2.75, 3.05) is 0 Å². The van der Waals surface area contributed by atoms with Gasteiger partial charge in [-0.05, 0) is 79.1 Å². The monoisotopic (exact) mass is 541 g/mol. The molecule has 5 aliphatic carbocycles. The second-order valence-electron chi connectivity index (χ2n) is 15.7. The summed E-state index contributed by atoms with van der Waals surface area (Å²) in [6, 6.07) is 2.18. The third-order valence-electron chi connectivity index (χ3n) is 13.0. The van der Waals surface area contributed by atoms with E-state index < -0.39 is 16.2 Å². The lowest BCUT2D eigenvalue weighted by Crippen LogP contribution is -2.66. The number of ketones is 2. The van der Waals surface area contributed by atoms with Gasteiger partial charge in [-0.15, -0.1) is 0 Å². The van der Waals surface area contributed by atoms with Gasteiger partial charge in [0.25, 0.3) is 0 Å². The van der Waals surface area contributed by atoms with Crippen LogP contribution in [0.15, 0.2) is 42.0 Å². The van der Waals surface area contributed by atoms with Crippen molar-refractivity contribution in [3.8, 4) is 6.07 Å². The Hall–Kier alpha value is -2.81. The molecule has 212 valence electrons. The Labute approximate surface area is 238 Å². The number of aromatic nitrogens is 2. The summed E-state index contributed by atoms with van der Waals surface area (Å²) >= 11 is 0. The van der Waals surface area contributed by atoms with E-state index in [2.05, 4.69) is 45.7 Å². The predicted molar refractivity (Wildman–Crippen MR) is 152 cm³/mol. The minimum absolute atomic E-state index is 0.0241. The molecule has 0 amide bonds. The maximum absolute atomic E-state index is 14.6. The number of fused-ring (bicyclic) bond motifs is 7. The molecule has 3 saturated carbocycles. The van der Waals surface area contributed by atoms with Gasteiger partial charge in [0.2, 0.25) is 5.91 Å². The highest BCUT2D eigenvalue weighted by Crippen LogP contribution is 2.74. The Morgan fingerprint density at radius 1 is 1.02 bits per heavy atom. The van der Waals surface area contributed by atoms with Crippen LogP contribution in [0.2, 0.25) is 0 Å². The van der Waals surface area contributed by atoms with E-state index in [4.69, 9.17) is 0 Å². The van der Waals surface area contributed by atoms with E-state index in [1.165, 1.54) is 0 Å². The van der Waals surface area contributed by atoms with E-state index in [-0.39, 0.29) is 57.0 Å². The number of rotatable bonds is 1. The molecule has 0 saturated heterocycles. The fraction of sp³-hybridized carbons (Fsp3) is 0.676. The molecule has 0 bridgehead atoms. The largest absolute Gasteiger partial charge is 0.295 e. The molecule has 1 unspecified atom stereocenters. The van der Waals surface area contributed by atoms with Crippen molar-refractivity contribution in [1.82, 2.24) is 9.55 Å². The van der Waals surface area contributed by atoms with Crippen molar-refractivity contribution in [2.24, 2.45) is 50.2 Å². The molecule has 1 heterocycles. The lowest BCUT2D eigenvalue weighted by molar-refractivity contribution is -0.164. The van der Waals surface area contributed by atoms with Crippen LogP contribution in [-0.4, -0.2) is 27.0 Å². The standard InChI is InChI=1S/C34H43N3O3/c1-29(2)10-12-34(28(40)37-15-14-36-20-37)13-11-33(7)26(22(34)18-29)23(38)16-25-31(5)17-21(19-35)27(39)30(3,4)24(31)8-9-32(25,33)6/h14-17,20,22,24,26H,8-13,18H2,1-7H3/t22-,24?,26+,31+,32-,33-,34+/m0/s1. The van der Waals surface area contributed by atoms with Gasteiger partial charge in [0.15, 0.2) is 11.6 Å². The SMILES string of the molecule is CC1(C)CC[C@@]2(C(=O)n3ccnc3)CC[C@@]3(C)[C@@H](C(=O)C=C4[C@]5(C)C=C(C#N)C(=O)C(C)(C)C5CC[C@@]43C)[C@@H]2C1. The summed E-state index contributed by atoms with van der Waals surface area (Å²) in [5.74, 6) is -0.144. The number of allylic oxidation sites excluding steroid dienone is 4. The normalized spacial score (nSPS) is 43.2. The molecule has 0 aliphatic heterocycles. The van der Waals surface area contributed by atoms with Crippen LogP contribution >= 0.6 is 0 Å². The maximum atomic E-state index is 14.6.